The highest BCUT2D eigenvalue weighted by Gasteiger charge is 2.42. The minimum Gasteiger partial charge on any atom is -0.457 e. The van der Waals surface area contributed by atoms with Crippen molar-refractivity contribution < 1.29 is 19.1 Å². The van der Waals surface area contributed by atoms with E-state index in [2.05, 4.69) is 17.9 Å². The molecule has 3 aliphatic rings. The Morgan fingerprint density at radius 1 is 1.14 bits per heavy atom. The second-order valence-corrected chi connectivity index (χ2v) is 9.45. The Kier molecular flexibility index (Phi) is 4.55. The Morgan fingerprint density at radius 2 is 1.82 bits per heavy atom. The molecular formula is C22H30N2O4. The highest BCUT2D eigenvalue weighted by Crippen LogP contribution is 2.43. The minimum atomic E-state index is -0.452. The number of piperidine rings is 1. The molecule has 6 heteroatoms. The highest BCUT2D eigenvalue weighted by molar-refractivity contribution is 5.94. The maximum atomic E-state index is 12.3. The SMILES string of the molecule is Cc1c(N2CCC3(CCN(C(=O)OC(C)(C)C)CC3)C2)ccc2c1COC2=O. The first kappa shape index (κ1) is 19.1. The van der Waals surface area contributed by atoms with Crippen molar-refractivity contribution in [3.05, 3.63) is 28.8 Å². The summed E-state index contributed by atoms with van der Waals surface area (Å²) in [5, 5.41) is 0. The van der Waals surface area contributed by atoms with Gasteiger partial charge in [-0.3, -0.25) is 0 Å². The molecule has 0 saturated carbocycles. The van der Waals surface area contributed by atoms with E-state index in [1.54, 1.807) is 0 Å². The van der Waals surface area contributed by atoms with E-state index in [-0.39, 0.29) is 17.5 Å². The van der Waals surface area contributed by atoms with Gasteiger partial charge in [0.05, 0.1) is 5.56 Å². The number of nitrogens with zero attached hydrogens (tertiary/aromatic N) is 2. The summed E-state index contributed by atoms with van der Waals surface area (Å²) in [4.78, 5) is 28.4. The summed E-state index contributed by atoms with van der Waals surface area (Å²) in [7, 11) is 0. The number of hydrogen-bond donors (Lipinski definition) is 0. The normalized spacial score (nSPS) is 21.1. The molecule has 1 aromatic carbocycles. The van der Waals surface area contributed by atoms with Gasteiger partial charge in [-0.05, 0) is 70.1 Å². The van der Waals surface area contributed by atoms with Crippen LogP contribution in [0.5, 0.6) is 0 Å². The van der Waals surface area contributed by atoms with Crippen molar-refractivity contribution in [3.8, 4) is 0 Å². The number of esters is 1. The predicted octanol–water partition coefficient (Wildman–Crippen LogP) is 3.89. The van der Waals surface area contributed by atoms with Crippen LogP contribution < -0.4 is 4.90 Å². The molecule has 2 saturated heterocycles. The molecule has 0 aliphatic carbocycles. The van der Waals surface area contributed by atoms with Crippen LogP contribution in [0.25, 0.3) is 0 Å². The Labute approximate surface area is 166 Å². The number of carbonyl (C=O) groups is 2. The Morgan fingerprint density at radius 3 is 2.50 bits per heavy atom. The number of benzene rings is 1. The molecule has 0 unspecified atom stereocenters. The topological polar surface area (TPSA) is 59.1 Å². The molecule has 0 atom stereocenters. The molecular weight excluding hydrogens is 356 g/mol. The van der Waals surface area contributed by atoms with Crippen LogP contribution in [0.1, 0.15) is 61.5 Å². The minimum absolute atomic E-state index is 0.198. The van der Waals surface area contributed by atoms with Crippen molar-refractivity contribution in [1.29, 1.82) is 0 Å². The number of ether oxygens (including phenoxy) is 2. The number of fused-ring (bicyclic) bond motifs is 1. The molecule has 0 radical (unpaired) electrons. The first-order valence-corrected chi connectivity index (χ1v) is 10.2. The molecule has 1 amide bonds. The Balaban J connectivity index is 1.42. The van der Waals surface area contributed by atoms with Crippen LogP contribution in [0.2, 0.25) is 0 Å². The molecule has 3 heterocycles. The van der Waals surface area contributed by atoms with E-state index in [4.69, 9.17) is 9.47 Å². The number of anilines is 1. The molecule has 152 valence electrons. The zero-order chi connectivity index (χ0) is 20.1. The van der Waals surface area contributed by atoms with Crippen molar-refractivity contribution in [2.24, 2.45) is 5.41 Å². The summed E-state index contributed by atoms with van der Waals surface area (Å²) in [6.07, 6.45) is 2.96. The third-order valence-corrected chi connectivity index (χ3v) is 6.39. The lowest BCUT2D eigenvalue weighted by Gasteiger charge is -2.39. The fourth-order valence-electron chi connectivity index (χ4n) is 4.72. The standard InChI is InChI=1S/C22H30N2O4/c1-15-17-13-27-19(25)16(17)5-6-18(15)24-12-9-22(14-24)7-10-23(11-8-22)20(26)28-21(2,3)4/h5-6H,7-14H2,1-4H3. The molecule has 0 N–H and O–H groups in total. The number of rotatable bonds is 1. The largest absolute Gasteiger partial charge is 0.457 e. The summed E-state index contributed by atoms with van der Waals surface area (Å²) < 4.78 is 10.7. The summed E-state index contributed by atoms with van der Waals surface area (Å²) in [6.45, 7) is 11.7. The molecule has 3 aliphatic heterocycles. The average molecular weight is 386 g/mol. The van der Waals surface area contributed by atoms with E-state index in [9.17, 15) is 9.59 Å². The third kappa shape index (κ3) is 3.45. The lowest BCUT2D eigenvalue weighted by molar-refractivity contribution is 0.0122. The summed E-state index contributed by atoms with van der Waals surface area (Å²) in [5.41, 5.74) is 3.92. The number of amides is 1. The van der Waals surface area contributed by atoms with Gasteiger partial charge >= 0.3 is 12.1 Å². The van der Waals surface area contributed by atoms with Gasteiger partial charge in [0.2, 0.25) is 0 Å². The second kappa shape index (κ2) is 6.68. The maximum absolute atomic E-state index is 12.3. The molecule has 28 heavy (non-hydrogen) atoms. The Hall–Kier alpha value is -2.24. The number of likely N-dealkylation sites (tertiary alicyclic amines) is 1. The van der Waals surface area contributed by atoms with Gasteiger partial charge < -0.3 is 19.3 Å². The quantitative estimate of drug-likeness (QED) is 0.685. The van der Waals surface area contributed by atoms with E-state index >= 15 is 0 Å². The fraction of sp³-hybridized carbons (Fsp3) is 0.636. The van der Waals surface area contributed by atoms with Crippen LogP contribution in [0.4, 0.5) is 10.5 Å². The number of cyclic esters (lactones) is 1. The average Bonchev–Trinajstić information content (AvgIpc) is 3.19. The van der Waals surface area contributed by atoms with Gasteiger partial charge in [-0.2, -0.15) is 0 Å². The van der Waals surface area contributed by atoms with Gasteiger partial charge in [0.1, 0.15) is 12.2 Å². The monoisotopic (exact) mass is 386 g/mol. The van der Waals surface area contributed by atoms with Crippen molar-refractivity contribution in [3.63, 3.8) is 0 Å². The van der Waals surface area contributed by atoms with E-state index in [0.717, 1.165) is 56.6 Å². The van der Waals surface area contributed by atoms with Crippen molar-refractivity contribution in [2.75, 3.05) is 31.1 Å². The maximum Gasteiger partial charge on any atom is 0.410 e. The van der Waals surface area contributed by atoms with Crippen molar-refractivity contribution in [2.45, 2.75) is 59.2 Å². The van der Waals surface area contributed by atoms with Gasteiger partial charge in [-0.15, -0.1) is 0 Å². The number of hydrogen-bond acceptors (Lipinski definition) is 5. The van der Waals surface area contributed by atoms with Crippen LogP contribution in [0.3, 0.4) is 0 Å². The lowest BCUT2D eigenvalue weighted by Crippen LogP contribution is -2.46. The van der Waals surface area contributed by atoms with Crippen LogP contribution >= 0.6 is 0 Å². The first-order valence-electron chi connectivity index (χ1n) is 10.2. The van der Waals surface area contributed by atoms with Crippen LogP contribution in [0.15, 0.2) is 12.1 Å². The predicted molar refractivity (Wildman–Crippen MR) is 107 cm³/mol. The fourth-order valence-corrected chi connectivity index (χ4v) is 4.72. The zero-order valence-electron chi connectivity index (χ0n) is 17.3. The van der Waals surface area contributed by atoms with Crippen LogP contribution in [-0.2, 0) is 16.1 Å². The van der Waals surface area contributed by atoms with E-state index in [1.807, 2.05) is 31.7 Å². The summed E-state index contributed by atoms with van der Waals surface area (Å²) in [6, 6.07) is 3.97. The van der Waals surface area contributed by atoms with Gasteiger partial charge in [-0.25, -0.2) is 9.59 Å². The van der Waals surface area contributed by atoms with Gasteiger partial charge in [-0.1, -0.05) is 0 Å². The van der Waals surface area contributed by atoms with Crippen LogP contribution in [0, 0.1) is 12.3 Å². The molecule has 4 rings (SSSR count). The van der Waals surface area contributed by atoms with E-state index < -0.39 is 5.60 Å². The highest BCUT2D eigenvalue weighted by atomic mass is 16.6. The van der Waals surface area contributed by atoms with Crippen molar-refractivity contribution >= 4 is 17.7 Å². The van der Waals surface area contributed by atoms with Gasteiger partial charge in [0, 0.05) is 37.4 Å². The lowest BCUT2D eigenvalue weighted by atomic mass is 9.78. The van der Waals surface area contributed by atoms with Crippen LogP contribution in [-0.4, -0.2) is 48.7 Å². The summed E-state index contributed by atoms with van der Waals surface area (Å²) in [5.74, 6) is -0.211. The number of carbonyl (C=O) groups excluding carboxylic acids is 2. The zero-order valence-corrected chi connectivity index (χ0v) is 17.3. The molecule has 0 bridgehead atoms. The molecule has 1 spiro atoms. The molecule has 1 aromatic rings. The molecule has 0 aromatic heterocycles. The first-order chi connectivity index (χ1) is 13.2. The van der Waals surface area contributed by atoms with E-state index in [0.29, 0.717) is 12.2 Å². The molecule has 6 nitrogen and oxygen atoms in total. The Bertz CT molecular complexity index is 803. The second-order valence-electron chi connectivity index (χ2n) is 9.45. The van der Waals surface area contributed by atoms with Gasteiger partial charge in [0.25, 0.3) is 0 Å². The summed E-state index contributed by atoms with van der Waals surface area (Å²) >= 11 is 0. The van der Waals surface area contributed by atoms with Crippen molar-refractivity contribution in [1.82, 2.24) is 4.90 Å². The third-order valence-electron chi connectivity index (χ3n) is 6.39. The molecule has 2 fully saturated rings. The smallest absolute Gasteiger partial charge is 0.410 e. The van der Waals surface area contributed by atoms with E-state index in [1.165, 1.54) is 5.69 Å². The van der Waals surface area contributed by atoms with Gasteiger partial charge in [0.15, 0.2) is 0 Å².